The van der Waals surface area contributed by atoms with Gasteiger partial charge in [-0.3, -0.25) is 0 Å². The van der Waals surface area contributed by atoms with Crippen LogP contribution in [0.1, 0.15) is 11.5 Å². The summed E-state index contributed by atoms with van der Waals surface area (Å²) < 4.78 is 0.995. The Bertz CT molecular complexity index is 390. The van der Waals surface area contributed by atoms with Crippen LogP contribution in [0.5, 0.6) is 0 Å². The molecule has 74 valence electrons. The van der Waals surface area contributed by atoms with Crippen LogP contribution in [0.2, 0.25) is 5.02 Å². The molecule has 0 aromatic heterocycles. The summed E-state index contributed by atoms with van der Waals surface area (Å²) in [6.07, 6.45) is 2.00. The van der Waals surface area contributed by atoms with E-state index >= 15 is 0 Å². The van der Waals surface area contributed by atoms with Crippen LogP contribution in [0.25, 0.3) is 0 Å². The minimum atomic E-state index is 0.288. The Hall–Kier alpha value is -0.670. The maximum atomic E-state index is 6.13. The van der Waals surface area contributed by atoms with Gasteiger partial charge >= 0.3 is 0 Å². The second kappa shape index (κ2) is 3.83. The quantitative estimate of drug-likeness (QED) is 0.825. The lowest BCUT2D eigenvalue weighted by atomic mass is 10.0. The fourth-order valence-corrected chi connectivity index (χ4v) is 2.38. The van der Waals surface area contributed by atoms with Crippen LogP contribution in [-0.2, 0) is 0 Å². The Balaban J connectivity index is 2.33. The average molecular weight is 274 g/mol. The highest BCUT2D eigenvalue weighted by molar-refractivity contribution is 9.10. The van der Waals surface area contributed by atoms with Crippen LogP contribution in [0.3, 0.4) is 0 Å². The number of nitrogens with one attached hydrogen (secondary N) is 1. The molecule has 3 N–H and O–H groups in total. The summed E-state index contributed by atoms with van der Waals surface area (Å²) >= 11 is 9.51. The molecular weight excluding hydrogens is 263 g/mol. The smallest absolute Gasteiger partial charge is 0.0926 e. The maximum absolute atomic E-state index is 6.13. The molecule has 1 aromatic rings. The molecule has 0 fully saturated rings. The van der Waals surface area contributed by atoms with E-state index in [-0.39, 0.29) is 5.92 Å². The molecule has 4 heteroatoms. The number of nitrogens with two attached hydrogens (primary N) is 1. The molecular formula is C10H10BrClN2. The first-order valence-corrected chi connectivity index (χ1v) is 5.50. The van der Waals surface area contributed by atoms with Gasteiger partial charge in [-0.05, 0) is 23.8 Å². The summed E-state index contributed by atoms with van der Waals surface area (Å²) in [7, 11) is 0. The lowest BCUT2D eigenvalue weighted by molar-refractivity contribution is 0.791. The van der Waals surface area contributed by atoms with Gasteiger partial charge in [-0.2, -0.15) is 0 Å². The van der Waals surface area contributed by atoms with Gasteiger partial charge in [0.15, 0.2) is 0 Å². The number of hydrogen-bond donors (Lipinski definition) is 2. The zero-order chi connectivity index (χ0) is 10.1. The van der Waals surface area contributed by atoms with E-state index in [9.17, 15) is 0 Å². The predicted octanol–water partition coefficient (Wildman–Crippen LogP) is 2.59. The Morgan fingerprint density at radius 1 is 1.50 bits per heavy atom. The lowest BCUT2D eigenvalue weighted by Crippen LogP contribution is -2.16. The molecule has 0 aliphatic carbocycles. The zero-order valence-electron chi connectivity index (χ0n) is 7.43. The van der Waals surface area contributed by atoms with Crippen LogP contribution < -0.4 is 11.1 Å². The summed E-state index contributed by atoms with van der Waals surface area (Å²) in [4.78, 5) is 0. The molecule has 1 aromatic carbocycles. The van der Waals surface area contributed by atoms with Gasteiger partial charge in [0.1, 0.15) is 0 Å². The molecule has 2 nitrogen and oxygen atoms in total. The molecule has 0 saturated heterocycles. The Labute approximate surface area is 96.3 Å². The van der Waals surface area contributed by atoms with Gasteiger partial charge in [0.25, 0.3) is 0 Å². The maximum Gasteiger partial charge on any atom is 0.0926 e. The fraction of sp³-hybridized carbons (Fsp3) is 0.200. The minimum absolute atomic E-state index is 0.288. The first kappa shape index (κ1) is 9.87. The third-order valence-electron chi connectivity index (χ3n) is 2.27. The minimum Gasteiger partial charge on any atom is -0.386 e. The van der Waals surface area contributed by atoms with E-state index in [0.717, 1.165) is 27.4 Å². The van der Waals surface area contributed by atoms with Crippen LogP contribution in [0, 0.1) is 0 Å². The summed E-state index contributed by atoms with van der Waals surface area (Å²) in [6.45, 7) is 0.827. The summed E-state index contributed by atoms with van der Waals surface area (Å²) in [5, 5.41) is 3.85. The summed E-state index contributed by atoms with van der Waals surface area (Å²) in [5.41, 5.74) is 6.75. The van der Waals surface area contributed by atoms with E-state index in [2.05, 4.69) is 21.2 Å². The molecule has 0 bridgehead atoms. The van der Waals surface area contributed by atoms with Crippen molar-refractivity contribution < 1.29 is 0 Å². The van der Waals surface area contributed by atoms with E-state index in [1.807, 2.05) is 24.3 Å². The molecule has 1 aliphatic rings. The average Bonchev–Trinajstić information content (AvgIpc) is 2.51. The molecule has 1 aliphatic heterocycles. The predicted molar refractivity (Wildman–Crippen MR) is 62.2 cm³/mol. The van der Waals surface area contributed by atoms with Gasteiger partial charge in [0, 0.05) is 22.0 Å². The Morgan fingerprint density at radius 2 is 2.29 bits per heavy atom. The second-order valence-electron chi connectivity index (χ2n) is 3.28. The van der Waals surface area contributed by atoms with Crippen molar-refractivity contribution in [3.8, 4) is 0 Å². The fourth-order valence-electron chi connectivity index (χ4n) is 1.56. The zero-order valence-corrected chi connectivity index (χ0v) is 9.77. The molecule has 0 radical (unpaired) electrons. The topological polar surface area (TPSA) is 38.0 Å². The number of halogens is 2. The van der Waals surface area contributed by atoms with Gasteiger partial charge < -0.3 is 11.1 Å². The molecule has 0 amide bonds. The molecule has 0 spiro atoms. The van der Waals surface area contributed by atoms with E-state index in [4.69, 9.17) is 17.3 Å². The third-order valence-corrected chi connectivity index (χ3v) is 3.09. The van der Waals surface area contributed by atoms with Crippen molar-refractivity contribution in [1.82, 2.24) is 5.32 Å². The monoisotopic (exact) mass is 272 g/mol. The number of hydrogen-bond acceptors (Lipinski definition) is 2. The molecule has 0 saturated carbocycles. The molecule has 14 heavy (non-hydrogen) atoms. The Kier molecular flexibility index (Phi) is 2.70. The van der Waals surface area contributed by atoms with Crippen molar-refractivity contribution >= 4 is 27.5 Å². The van der Waals surface area contributed by atoms with Crippen LogP contribution >= 0.6 is 27.5 Å². The number of benzene rings is 1. The first-order valence-electron chi connectivity index (χ1n) is 4.33. The highest BCUT2D eigenvalue weighted by Gasteiger charge is 2.17. The highest BCUT2D eigenvalue weighted by Crippen LogP contribution is 2.30. The summed E-state index contributed by atoms with van der Waals surface area (Å²) in [5.74, 6) is 1.02. The van der Waals surface area contributed by atoms with Crippen molar-refractivity contribution in [2.24, 2.45) is 5.73 Å². The van der Waals surface area contributed by atoms with E-state index < -0.39 is 0 Å². The van der Waals surface area contributed by atoms with E-state index in [0.29, 0.717) is 0 Å². The van der Waals surface area contributed by atoms with E-state index in [1.165, 1.54) is 0 Å². The van der Waals surface area contributed by atoms with Crippen LogP contribution in [0.4, 0.5) is 0 Å². The van der Waals surface area contributed by atoms with Crippen molar-refractivity contribution in [3.05, 3.63) is 45.2 Å². The highest BCUT2D eigenvalue weighted by atomic mass is 79.9. The van der Waals surface area contributed by atoms with Gasteiger partial charge in [-0.25, -0.2) is 0 Å². The standard InChI is InChI=1S/C10H10BrClN2/c11-7-1-2-8(9(12)4-7)6-3-10(13)14-5-6/h1-4,6,14H,5,13H2. The summed E-state index contributed by atoms with van der Waals surface area (Å²) in [6, 6.07) is 5.91. The largest absolute Gasteiger partial charge is 0.386 e. The van der Waals surface area contributed by atoms with Gasteiger partial charge in [0.05, 0.1) is 5.82 Å². The van der Waals surface area contributed by atoms with Crippen molar-refractivity contribution in [2.45, 2.75) is 5.92 Å². The second-order valence-corrected chi connectivity index (χ2v) is 4.60. The van der Waals surface area contributed by atoms with Gasteiger partial charge in [0.2, 0.25) is 0 Å². The number of rotatable bonds is 1. The molecule has 1 heterocycles. The lowest BCUT2D eigenvalue weighted by Gasteiger charge is -2.09. The SMILES string of the molecule is NC1=CC(c2ccc(Br)cc2Cl)CN1. The first-order chi connectivity index (χ1) is 6.66. The van der Waals surface area contributed by atoms with Gasteiger partial charge in [-0.15, -0.1) is 0 Å². The van der Waals surface area contributed by atoms with Crippen molar-refractivity contribution in [2.75, 3.05) is 6.54 Å². The van der Waals surface area contributed by atoms with Crippen molar-refractivity contribution in [1.29, 1.82) is 0 Å². The normalized spacial score (nSPS) is 20.4. The molecule has 1 unspecified atom stereocenters. The van der Waals surface area contributed by atoms with Crippen LogP contribution in [0.15, 0.2) is 34.6 Å². The van der Waals surface area contributed by atoms with Gasteiger partial charge in [-0.1, -0.05) is 33.6 Å². The van der Waals surface area contributed by atoms with Crippen molar-refractivity contribution in [3.63, 3.8) is 0 Å². The van der Waals surface area contributed by atoms with Crippen LogP contribution in [-0.4, -0.2) is 6.54 Å². The third kappa shape index (κ3) is 1.88. The van der Waals surface area contributed by atoms with E-state index in [1.54, 1.807) is 0 Å². The molecule has 1 atom stereocenters. The molecule has 2 rings (SSSR count). The Morgan fingerprint density at radius 3 is 2.86 bits per heavy atom.